The number of allylic oxidation sites excluding steroid dienone is 6. The highest BCUT2D eigenvalue weighted by molar-refractivity contribution is 5.89. The fraction of sp³-hybridized carbons (Fsp3) is 0.0588. The maximum Gasteiger partial charge on any atom is 0.134 e. The Kier molecular flexibility index (Phi) is 7.54. The molecule has 0 atom stereocenters. The average molecular weight is 680 g/mol. The topological polar surface area (TPSA) is 12.5 Å². The lowest BCUT2D eigenvalue weighted by Crippen LogP contribution is -2.32. The Morgan fingerprint density at radius 2 is 1.08 bits per heavy atom. The number of hydrogen-bond donors (Lipinski definition) is 0. The summed E-state index contributed by atoms with van der Waals surface area (Å²) in [5.41, 5.74) is 15.2. The van der Waals surface area contributed by atoms with Gasteiger partial charge in [-0.3, -0.25) is 0 Å². The second-order valence-electron chi connectivity index (χ2n) is 14.0. The molecule has 7 aromatic rings. The van der Waals surface area contributed by atoms with Crippen LogP contribution in [0.3, 0.4) is 0 Å². The normalized spacial score (nSPS) is 14.3. The Morgan fingerprint density at radius 3 is 1.81 bits per heavy atom. The Bertz CT molecular complexity index is 2530. The van der Waals surface area contributed by atoms with E-state index in [-0.39, 0.29) is 0 Å². The first kappa shape index (κ1) is 31.1. The predicted octanol–water partition coefficient (Wildman–Crippen LogP) is 13.3. The van der Waals surface area contributed by atoms with Crippen LogP contribution in [0.2, 0.25) is 0 Å². The van der Waals surface area contributed by atoms with E-state index in [4.69, 9.17) is 4.74 Å². The fourth-order valence-electron chi connectivity index (χ4n) is 8.62. The Hall–Kier alpha value is -6.64. The molecule has 0 fully saturated rings. The van der Waals surface area contributed by atoms with Gasteiger partial charge in [-0.1, -0.05) is 158 Å². The maximum atomic E-state index is 6.90. The van der Waals surface area contributed by atoms with Crippen LogP contribution >= 0.6 is 0 Å². The molecule has 0 bridgehead atoms. The minimum atomic E-state index is -0.490. The smallest absolute Gasteiger partial charge is 0.134 e. The van der Waals surface area contributed by atoms with E-state index in [1.165, 1.54) is 50.1 Å². The molecule has 0 aromatic heterocycles. The van der Waals surface area contributed by atoms with Crippen LogP contribution in [0.5, 0.6) is 11.5 Å². The molecule has 0 saturated heterocycles. The predicted molar refractivity (Wildman–Crippen MR) is 219 cm³/mol. The van der Waals surface area contributed by atoms with Crippen LogP contribution in [0, 0.1) is 0 Å². The summed E-state index contributed by atoms with van der Waals surface area (Å²) in [5, 5.41) is 0. The molecule has 3 aliphatic rings. The number of benzene rings is 7. The summed E-state index contributed by atoms with van der Waals surface area (Å²) < 4.78 is 6.90. The summed E-state index contributed by atoms with van der Waals surface area (Å²) in [6.07, 6.45) is 12.9. The van der Waals surface area contributed by atoms with Gasteiger partial charge in [0.05, 0.1) is 5.41 Å². The largest absolute Gasteiger partial charge is 0.457 e. The van der Waals surface area contributed by atoms with Gasteiger partial charge in [-0.05, 0) is 93.8 Å². The van der Waals surface area contributed by atoms with E-state index < -0.39 is 5.41 Å². The second-order valence-corrected chi connectivity index (χ2v) is 14.0. The number of nitrogens with zero attached hydrogens (tertiary/aromatic N) is 1. The van der Waals surface area contributed by atoms with E-state index in [1.807, 2.05) is 0 Å². The standard InChI is InChI=1S/C51H37NO/c1-2-5-15-36(14-4-1)34-37-24-28-40(29-25-37)52(41-30-26-39(27-31-41)38-16-6-3-7-17-38)42-32-33-48-50(35-42)53-49-23-13-12-22-47(49)51(48)45-20-10-8-18-43(45)44-19-9-11-21-46(44)51/h1-4,6-33,35H,5,34H2. The quantitative estimate of drug-likeness (QED) is 0.173. The molecule has 53 heavy (non-hydrogen) atoms. The van der Waals surface area contributed by atoms with E-state index >= 15 is 0 Å². The van der Waals surface area contributed by atoms with Crippen molar-refractivity contribution < 1.29 is 4.74 Å². The lowest BCUT2D eigenvalue weighted by atomic mass is 9.66. The van der Waals surface area contributed by atoms with Gasteiger partial charge >= 0.3 is 0 Å². The van der Waals surface area contributed by atoms with E-state index in [9.17, 15) is 0 Å². The second kappa shape index (κ2) is 12.8. The van der Waals surface area contributed by atoms with Crippen LogP contribution in [0.4, 0.5) is 17.1 Å². The summed E-state index contributed by atoms with van der Waals surface area (Å²) in [6, 6.07) is 61.6. The van der Waals surface area contributed by atoms with E-state index in [2.05, 4.69) is 205 Å². The summed E-state index contributed by atoms with van der Waals surface area (Å²) >= 11 is 0. The first-order valence-electron chi connectivity index (χ1n) is 18.5. The van der Waals surface area contributed by atoms with Gasteiger partial charge in [-0.15, -0.1) is 0 Å². The zero-order chi connectivity index (χ0) is 35.2. The minimum absolute atomic E-state index is 0.490. The zero-order valence-electron chi connectivity index (χ0n) is 29.3. The molecule has 0 radical (unpaired) electrons. The van der Waals surface area contributed by atoms with E-state index in [0.717, 1.165) is 47.0 Å². The third-order valence-corrected chi connectivity index (χ3v) is 11.0. The third kappa shape index (κ3) is 5.18. The van der Waals surface area contributed by atoms with Gasteiger partial charge in [-0.2, -0.15) is 0 Å². The number of fused-ring (bicyclic) bond motifs is 9. The third-order valence-electron chi connectivity index (χ3n) is 11.0. The average Bonchev–Trinajstić information content (AvgIpc) is 3.31. The molecule has 1 spiro atoms. The van der Waals surface area contributed by atoms with E-state index in [0.29, 0.717) is 0 Å². The van der Waals surface area contributed by atoms with Gasteiger partial charge in [0, 0.05) is 34.3 Å². The van der Waals surface area contributed by atoms with Crippen molar-refractivity contribution in [2.45, 2.75) is 18.3 Å². The zero-order valence-corrected chi connectivity index (χ0v) is 29.3. The number of anilines is 3. The molecule has 7 aromatic carbocycles. The van der Waals surface area contributed by atoms with Crippen LogP contribution < -0.4 is 9.64 Å². The lowest BCUT2D eigenvalue weighted by molar-refractivity contribution is 0.436. The summed E-state index contributed by atoms with van der Waals surface area (Å²) in [7, 11) is 0. The van der Waals surface area contributed by atoms with Crippen LogP contribution in [0.25, 0.3) is 22.3 Å². The first-order valence-corrected chi connectivity index (χ1v) is 18.5. The van der Waals surface area contributed by atoms with Crippen molar-refractivity contribution in [1.82, 2.24) is 0 Å². The van der Waals surface area contributed by atoms with Gasteiger partial charge in [0.15, 0.2) is 0 Å². The van der Waals surface area contributed by atoms with Gasteiger partial charge in [0.2, 0.25) is 0 Å². The maximum absolute atomic E-state index is 6.90. The summed E-state index contributed by atoms with van der Waals surface area (Å²) in [4.78, 5) is 2.35. The van der Waals surface area contributed by atoms with Crippen molar-refractivity contribution in [1.29, 1.82) is 0 Å². The summed E-state index contributed by atoms with van der Waals surface area (Å²) in [5.74, 6) is 1.76. The molecule has 2 heteroatoms. The summed E-state index contributed by atoms with van der Waals surface area (Å²) in [6.45, 7) is 0. The van der Waals surface area contributed by atoms with Gasteiger partial charge in [0.1, 0.15) is 11.5 Å². The van der Waals surface area contributed by atoms with Crippen molar-refractivity contribution in [2.24, 2.45) is 0 Å². The molecule has 0 unspecified atom stereocenters. The highest BCUT2D eigenvalue weighted by Crippen LogP contribution is 2.62. The molecular weight excluding hydrogens is 643 g/mol. The monoisotopic (exact) mass is 679 g/mol. The Labute approximate surface area is 311 Å². The molecule has 2 aliphatic carbocycles. The molecule has 1 heterocycles. The number of rotatable bonds is 6. The molecular formula is C51H37NO. The Balaban J connectivity index is 1.12. The SMILES string of the molecule is C1=CCC=C(Cc2ccc(N(c3ccc(-c4ccccc4)cc3)c3ccc4c(c3)Oc3ccccc3C43c4ccccc4-c4ccccc43)cc2)C=C1. The van der Waals surface area contributed by atoms with Gasteiger partial charge in [-0.25, -0.2) is 0 Å². The van der Waals surface area contributed by atoms with Crippen LogP contribution in [-0.2, 0) is 11.8 Å². The van der Waals surface area contributed by atoms with Gasteiger partial charge in [0.25, 0.3) is 0 Å². The molecule has 1 aliphatic heterocycles. The van der Waals surface area contributed by atoms with Crippen LogP contribution in [0.1, 0.15) is 34.2 Å². The number of ether oxygens (including phenoxy) is 1. The minimum Gasteiger partial charge on any atom is -0.457 e. The van der Waals surface area contributed by atoms with Crippen molar-refractivity contribution >= 4 is 17.1 Å². The van der Waals surface area contributed by atoms with Crippen LogP contribution in [-0.4, -0.2) is 0 Å². The van der Waals surface area contributed by atoms with Gasteiger partial charge < -0.3 is 9.64 Å². The van der Waals surface area contributed by atoms with Crippen molar-refractivity contribution in [2.75, 3.05) is 4.90 Å². The van der Waals surface area contributed by atoms with E-state index in [1.54, 1.807) is 0 Å². The van der Waals surface area contributed by atoms with Crippen LogP contribution in [0.15, 0.2) is 206 Å². The number of para-hydroxylation sites is 1. The lowest BCUT2D eigenvalue weighted by Gasteiger charge is -2.40. The fourth-order valence-corrected chi connectivity index (χ4v) is 8.62. The van der Waals surface area contributed by atoms with Crippen molar-refractivity contribution in [3.8, 4) is 33.8 Å². The van der Waals surface area contributed by atoms with Crippen molar-refractivity contribution in [3.05, 3.63) is 234 Å². The number of hydrogen-bond acceptors (Lipinski definition) is 2. The Morgan fingerprint density at radius 1 is 0.491 bits per heavy atom. The molecule has 10 rings (SSSR count). The molecule has 2 nitrogen and oxygen atoms in total. The molecule has 0 saturated carbocycles. The highest BCUT2D eigenvalue weighted by Gasteiger charge is 2.51. The molecule has 252 valence electrons. The first-order chi connectivity index (χ1) is 26.3. The molecule has 0 N–H and O–H groups in total. The highest BCUT2D eigenvalue weighted by atomic mass is 16.5. The van der Waals surface area contributed by atoms with Crippen molar-refractivity contribution in [3.63, 3.8) is 0 Å². The molecule has 0 amide bonds.